The summed E-state index contributed by atoms with van der Waals surface area (Å²) in [7, 11) is 0. The summed E-state index contributed by atoms with van der Waals surface area (Å²) in [6.45, 7) is 1.84. The molecule has 1 heterocycles. The molecule has 0 aromatic heterocycles. The zero-order valence-corrected chi connectivity index (χ0v) is 16.4. The quantitative estimate of drug-likeness (QED) is 0.662. The average molecular weight is 391 g/mol. The van der Waals surface area contributed by atoms with Crippen molar-refractivity contribution in [1.29, 1.82) is 0 Å². The van der Waals surface area contributed by atoms with Gasteiger partial charge >= 0.3 is 12.0 Å². The molecule has 0 unspecified atom stereocenters. The van der Waals surface area contributed by atoms with Gasteiger partial charge in [-0.05, 0) is 68.6 Å². The van der Waals surface area contributed by atoms with E-state index >= 15 is 0 Å². The lowest BCUT2D eigenvalue weighted by molar-refractivity contribution is -0.157. The molecule has 4 aliphatic carbocycles. The minimum atomic E-state index is -1.06. The third-order valence-corrected chi connectivity index (χ3v) is 6.91. The Hall–Kier alpha value is -2.12. The SMILES string of the molecule is C[C@H](OC(=O)CNC(=O)CC12CC3CC(CC(C3)C1)C2)C(=O)N1CCNC1=O. The zero-order valence-electron chi connectivity index (χ0n) is 16.4. The first-order valence-corrected chi connectivity index (χ1v) is 10.4. The number of amides is 4. The van der Waals surface area contributed by atoms with Crippen LogP contribution in [0.2, 0.25) is 0 Å². The summed E-state index contributed by atoms with van der Waals surface area (Å²) in [5.41, 5.74) is 0.120. The first kappa shape index (κ1) is 19.2. The van der Waals surface area contributed by atoms with E-state index in [-0.39, 0.29) is 24.4 Å². The lowest BCUT2D eigenvalue weighted by Crippen LogP contribution is -2.48. The van der Waals surface area contributed by atoms with Crippen LogP contribution in [-0.4, -0.2) is 54.5 Å². The Kier molecular flexibility index (Phi) is 5.05. The van der Waals surface area contributed by atoms with Crippen LogP contribution < -0.4 is 10.6 Å². The van der Waals surface area contributed by atoms with Crippen LogP contribution >= 0.6 is 0 Å². The topological polar surface area (TPSA) is 105 Å². The predicted octanol–water partition coefficient (Wildman–Crippen LogP) is 1.19. The zero-order chi connectivity index (χ0) is 19.9. The minimum Gasteiger partial charge on any atom is -0.451 e. The summed E-state index contributed by atoms with van der Waals surface area (Å²) in [4.78, 5) is 49.2. The van der Waals surface area contributed by atoms with Gasteiger partial charge in [0.25, 0.3) is 5.91 Å². The normalized spacial score (nSPS) is 34.1. The number of urea groups is 1. The molecular weight excluding hydrogens is 362 g/mol. The van der Waals surface area contributed by atoms with Crippen molar-refractivity contribution in [2.45, 2.75) is 58.0 Å². The molecule has 4 amide bonds. The highest BCUT2D eigenvalue weighted by atomic mass is 16.5. The molecule has 0 aromatic rings. The van der Waals surface area contributed by atoms with Gasteiger partial charge in [0.05, 0.1) is 0 Å². The van der Waals surface area contributed by atoms with Crippen molar-refractivity contribution in [3.8, 4) is 0 Å². The molecule has 0 radical (unpaired) electrons. The monoisotopic (exact) mass is 391 g/mol. The molecule has 5 aliphatic rings. The molecule has 0 aromatic carbocycles. The van der Waals surface area contributed by atoms with Gasteiger partial charge in [-0.25, -0.2) is 4.79 Å². The number of nitrogens with zero attached hydrogens (tertiary/aromatic N) is 1. The number of nitrogens with one attached hydrogen (secondary N) is 2. The maximum absolute atomic E-state index is 12.5. The Bertz CT molecular complexity index is 656. The van der Waals surface area contributed by atoms with Crippen LogP contribution in [0.1, 0.15) is 51.9 Å². The number of hydrogen-bond acceptors (Lipinski definition) is 5. The van der Waals surface area contributed by atoms with Crippen LogP contribution in [0.4, 0.5) is 4.79 Å². The smallest absolute Gasteiger partial charge is 0.326 e. The molecule has 0 spiro atoms. The molecule has 1 atom stereocenters. The minimum absolute atomic E-state index is 0.114. The van der Waals surface area contributed by atoms with Crippen LogP contribution in [0.3, 0.4) is 0 Å². The lowest BCUT2D eigenvalue weighted by Gasteiger charge is -2.56. The van der Waals surface area contributed by atoms with Gasteiger partial charge in [0.15, 0.2) is 6.10 Å². The van der Waals surface area contributed by atoms with Gasteiger partial charge < -0.3 is 15.4 Å². The van der Waals surface area contributed by atoms with E-state index in [1.165, 1.54) is 26.2 Å². The number of carbonyl (C=O) groups excluding carboxylic acids is 4. The third-order valence-electron chi connectivity index (χ3n) is 6.91. The standard InChI is InChI=1S/C20H29N3O5/c1-12(18(26)23-3-2-21-19(23)27)28-17(25)11-22-16(24)10-20-7-13-4-14(8-20)6-15(5-13)9-20/h12-15H,2-11H2,1H3,(H,21,27)(H,22,24)/t12-,13?,14?,15?,20?/m0/s1. The second-order valence-corrected chi connectivity index (χ2v) is 9.22. The van der Waals surface area contributed by atoms with Crippen LogP contribution in [0.25, 0.3) is 0 Å². The number of imide groups is 1. The second-order valence-electron chi connectivity index (χ2n) is 9.22. The molecule has 28 heavy (non-hydrogen) atoms. The Morgan fingerprint density at radius 3 is 2.32 bits per heavy atom. The maximum atomic E-state index is 12.5. The van der Waals surface area contributed by atoms with Gasteiger partial charge in [-0.2, -0.15) is 0 Å². The Labute approximate surface area is 164 Å². The molecule has 8 heteroatoms. The summed E-state index contributed by atoms with van der Waals surface area (Å²) in [5, 5.41) is 5.19. The molecule has 2 N–H and O–H groups in total. The number of rotatable bonds is 6. The van der Waals surface area contributed by atoms with Crippen molar-refractivity contribution in [2.75, 3.05) is 19.6 Å². The number of hydrogen-bond donors (Lipinski definition) is 2. The van der Waals surface area contributed by atoms with Crippen LogP contribution in [-0.2, 0) is 19.1 Å². The maximum Gasteiger partial charge on any atom is 0.326 e. The molecule has 1 aliphatic heterocycles. The Balaban J connectivity index is 1.22. The molecule has 5 fully saturated rings. The molecular formula is C20H29N3O5. The van der Waals surface area contributed by atoms with Crippen molar-refractivity contribution in [3.63, 3.8) is 0 Å². The highest BCUT2D eigenvalue weighted by Gasteiger charge is 2.51. The fourth-order valence-electron chi connectivity index (χ4n) is 6.27. The van der Waals surface area contributed by atoms with Crippen molar-refractivity contribution in [3.05, 3.63) is 0 Å². The number of carbonyl (C=O) groups is 4. The fraction of sp³-hybridized carbons (Fsp3) is 0.800. The van der Waals surface area contributed by atoms with E-state index in [9.17, 15) is 19.2 Å². The van der Waals surface area contributed by atoms with Crippen LogP contribution in [0.15, 0.2) is 0 Å². The fourth-order valence-corrected chi connectivity index (χ4v) is 6.27. The van der Waals surface area contributed by atoms with Gasteiger partial charge in [0, 0.05) is 19.5 Å². The third kappa shape index (κ3) is 3.86. The van der Waals surface area contributed by atoms with Gasteiger partial charge in [-0.15, -0.1) is 0 Å². The van der Waals surface area contributed by atoms with E-state index in [1.54, 1.807) is 0 Å². The number of esters is 1. The molecule has 154 valence electrons. The van der Waals surface area contributed by atoms with E-state index < -0.39 is 24.0 Å². The summed E-state index contributed by atoms with van der Waals surface area (Å²) in [5.74, 6) is 0.996. The van der Waals surface area contributed by atoms with E-state index in [0.717, 1.165) is 41.9 Å². The summed E-state index contributed by atoms with van der Waals surface area (Å²) < 4.78 is 5.09. The van der Waals surface area contributed by atoms with Crippen LogP contribution in [0, 0.1) is 23.2 Å². The molecule has 1 saturated heterocycles. The molecule has 4 saturated carbocycles. The molecule has 8 nitrogen and oxygen atoms in total. The first-order valence-electron chi connectivity index (χ1n) is 10.4. The number of ether oxygens (including phenoxy) is 1. The summed E-state index contributed by atoms with van der Waals surface area (Å²) in [6, 6.07) is -0.475. The second kappa shape index (κ2) is 7.37. The van der Waals surface area contributed by atoms with Crippen molar-refractivity contribution in [2.24, 2.45) is 23.2 Å². The molecule has 4 bridgehead atoms. The lowest BCUT2D eigenvalue weighted by atomic mass is 9.49. The predicted molar refractivity (Wildman–Crippen MR) is 98.9 cm³/mol. The first-order chi connectivity index (χ1) is 13.3. The van der Waals surface area contributed by atoms with E-state index in [0.29, 0.717) is 13.0 Å². The van der Waals surface area contributed by atoms with E-state index in [1.807, 2.05) is 0 Å². The van der Waals surface area contributed by atoms with Crippen molar-refractivity contribution >= 4 is 23.8 Å². The average Bonchev–Trinajstić information content (AvgIpc) is 3.03. The Morgan fingerprint density at radius 2 is 1.79 bits per heavy atom. The van der Waals surface area contributed by atoms with Crippen molar-refractivity contribution in [1.82, 2.24) is 15.5 Å². The van der Waals surface area contributed by atoms with Gasteiger partial charge in [0.2, 0.25) is 5.91 Å². The Morgan fingerprint density at radius 1 is 1.18 bits per heavy atom. The van der Waals surface area contributed by atoms with E-state index in [2.05, 4.69) is 10.6 Å². The van der Waals surface area contributed by atoms with Gasteiger partial charge in [-0.1, -0.05) is 0 Å². The van der Waals surface area contributed by atoms with E-state index in [4.69, 9.17) is 4.74 Å². The van der Waals surface area contributed by atoms with Crippen LogP contribution in [0.5, 0.6) is 0 Å². The highest BCUT2D eigenvalue weighted by Crippen LogP contribution is 2.61. The highest BCUT2D eigenvalue weighted by molar-refractivity contribution is 5.98. The summed E-state index contributed by atoms with van der Waals surface area (Å²) in [6.07, 6.45) is 6.82. The van der Waals surface area contributed by atoms with Gasteiger partial charge in [-0.3, -0.25) is 19.3 Å². The van der Waals surface area contributed by atoms with Gasteiger partial charge in [0.1, 0.15) is 6.54 Å². The summed E-state index contributed by atoms with van der Waals surface area (Å²) >= 11 is 0. The van der Waals surface area contributed by atoms with Crippen molar-refractivity contribution < 1.29 is 23.9 Å². The molecule has 5 rings (SSSR count). The largest absolute Gasteiger partial charge is 0.451 e.